The fraction of sp³-hybridized carbons (Fsp3) is 0.133. The van der Waals surface area contributed by atoms with Crippen LogP contribution in [-0.2, 0) is 6.61 Å². The largest absolute Gasteiger partial charge is 0.487 e. The van der Waals surface area contributed by atoms with Crippen LogP contribution in [0, 0.1) is 29.0 Å². The number of benzene rings is 1. The normalized spacial score (nSPS) is 9.45. The van der Waals surface area contributed by atoms with Gasteiger partial charge in [-0.25, -0.2) is 4.39 Å². The first-order chi connectivity index (χ1) is 9.74. The summed E-state index contributed by atoms with van der Waals surface area (Å²) in [7, 11) is 0. The van der Waals surface area contributed by atoms with Crippen molar-refractivity contribution < 1.29 is 9.13 Å². The summed E-state index contributed by atoms with van der Waals surface area (Å²) in [5.74, 6) is 5.37. The van der Waals surface area contributed by atoms with Gasteiger partial charge in [0, 0.05) is 4.88 Å². The summed E-state index contributed by atoms with van der Waals surface area (Å²) in [6.07, 6.45) is 0. The number of nitriles is 1. The van der Waals surface area contributed by atoms with Crippen molar-refractivity contribution in [1.82, 2.24) is 0 Å². The number of ether oxygens (including phenoxy) is 1. The van der Waals surface area contributed by atoms with Gasteiger partial charge in [0.05, 0.1) is 11.4 Å². The molecule has 1 heterocycles. The molecule has 0 saturated heterocycles. The summed E-state index contributed by atoms with van der Waals surface area (Å²) >= 11 is 1.48. The molecule has 0 amide bonds. The smallest absolute Gasteiger partial charge is 0.144 e. The van der Waals surface area contributed by atoms with Gasteiger partial charge in [-0.05, 0) is 24.3 Å². The van der Waals surface area contributed by atoms with Crippen LogP contribution in [0.1, 0.15) is 15.3 Å². The minimum atomic E-state index is -0.578. The van der Waals surface area contributed by atoms with Crippen LogP contribution in [0.3, 0.4) is 0 Å². The average Bonchev–Trinajstić information content (AvgIpc) is 2.91. The number of halogens is 1. The van der Waals surface area contributed by atoms with Crippen LogP contribution in [0.5, 0.6) is 5.75 Å². The van der Waals surface area contributed by atoms with E-state index in [1.165, 1.54) is 23.5 Å². The molecule has 0 saturated carbocycles. The molecule has 3 nitrogen and oxygen atoms in total. The van der Waals surface area contributed by atoms with E-state index in [1.807, 2.05) is 12.1 Å². The Balaban J connectivity index is 2.08. The van der Waals surface area contributed by atoms with Crippen LogP contribution < -0.4 is 10.5 Å². The summed E-state index contributed by atoms with van der Waals surface area (Å²) in [6.45, 7) is 0.589. The van der Waals surface area contributed by atoms with Crippen molar-refractivity contribution >= 4 is 11.3 Å². The monoisotopic (exact) mass is 286 g/mol. The van der Waals surface area contributed by atoms with Crippen molar-refractivity contribution in [2.45, 2.75) is 6.61 Å². The Morgan fingerprint density at radius 3 is 2.90 bits per heavy atom. The van der Waals surface area contributed by atoms with Gasteiger partial charge in [-0.3, -0.25) is 0 Å². The van der Waals surface area contributed by atoms with Crippen LogP contribution in [0.4, 0.5) is 4.39 Å². The Morgan fingerprint density at radius 1 is 1.30 bits per heavy atom. The molecule has 0 aliphatic rings. The van der Waals surface area contributed by atoms with Crippen molar-refractivity contribution in [3.8, 4) is 23.7 Å². The van der Waals surface area contributed by atoms with Crippen LogP contribution in [0.25, 0.3) is 0 Å². The fourth-order valence-corrected chi connectivity index (χ4v) is 2.34. The zero-order chi connectivity index (χ0) is 14.4. The van der Waals surface area contributed by atoms with Gasteiger partial charge in [-0.2, -0.15) is 5.26 Å². The number of thiophene rings is 1. The summed E-state index contributed by atoms with van der Waals surface area (Å²) in [4.78, 5) is 1.84. The topological polar surface area (TPSA) is 59.0 Å². The molecule has 2 aromatic rings. The van der Waals surface area contributed by atoms with E-state index in [4.69, 9.17) is 15.7 Å². The quantitative estimate of drug-likeness (QED) is 0.882. The Labute approximate surface area is 120 Å². The summed E-state index contributed by atoms with van der Waals surface area (Å²) in [6, 6.07) is 9.88. The lowest BCUT2D eigenvalue weighted by Gasteiger charge is -2.06. The highest BCUT2D eigenvalue weighted by molar-refractivity contribution is 7.12. The minimum Gasteiger partial charge on any atom is -0.487 e. The first kappa shape index (κ1) is 14.1. The molecule has 100 valence electrons. The molecule has 0 unspecified atom stereocenters. The second-order valence-electron chi connectivity index (χ2n) is 3.79. The van der Waals surface area contributed by atoms with E-state index < -0.39 is 5.82 Å². The highest BCUT2D eigenvalue weighted by Crippen LogP contribution is 2.23. The Bertz CT molecular complexity index is 707. The summed E-state index contributed by atoms with van der Waals surface area (Å²) < 4.78 is 18.9. The first-order valence-corrected chi connectivity index (χ1v) is 6.65. The third-order valence-corrected chi connectivity index (χ3v) is 3.41. The van der Waals surface area contributed by atoms with Gasteiger partial charge in [0.25, 0.3) is 0 Å². The molecule has 0 radical (unpaired) electrons. The van der Waals surface area contributed by atoms with E-state index in [1.54, 1.807) is 12.1 Å². The van der Waals surface area contributed by atoms with Gasteiger partial charge in [0.1, 0.15) is 29.8 Å². The molecule has 20 heavy (non-hydrogen) atoms. The highest BCUT2D eigenvalue weighted by atomic mass is 32.1. The molecule has 1 aromatic heterocycles. The standard InChI is InChI=1S/C15H11FN2OS/c16-14-4-1-5-15(13(14)9-18)19-10-12-7-6-11(20-12)3-2-8-17/h1,4-7H,8,10,17H2. The van der Waals surface area contributed by atoms with Gasteiger partial charge < -0.3 is 10.5 Å². The van der Waals surface area contributed by atoms with Crippen molar-refractivity contribution in [3.05, 3.63) is 51.5 Å². The van der Waals surface area contributed by atoms with Gasteiger partial charge in [-0.1, -0.05) is 17.9 Å². The van der Waals surface area contributed by atoms with E-state index in [9.17, 15) is 4.39 Å². The molecule has 0 atom stereocenters. The number of rotatable bonds is 3. The maximum Gasteiger partial charge on any atom is 0.144 e. The molecular formula is C15H11FN2OS. The zero-order valence-electron chi connectivity index (χ0n) is 10.5. The third kappa shape index (κ3) is 3.36. The van der Waals surface area contributed by atoms with Crippen LogP contribution in [-0.4, -0.2) is 6.54 Å². The minimum absolute atomic E-state index is 0.0767. The number of hydrogen-bond donors (Lipinski definition) is 1. The number of nitrogens with zero attached hydrogens (tertiary/aromatic N) is 1. The maximum absolute atomic E-state index is 13.4. The third-order valence-electron chi connectivity index (χ3n) is 2.43. The zero-order valence-corrected chi connectivity index (χ0v) is 11.3. The van der Waals surface area contributed by atoms with Crippen molar-refractivity contribution in [2.75, 3.05) is 6.54 Å². The van der Waals surface area contributed by atoms with E-state index in [2.05, 4.69) is 11.8 Å². The van der Waals surface area contributed by atoms with Gasteiger partial charge in [0.2, 0.25) is 0 Å². The molecule has 0 aliphatic heterocycles. The van der Waals surface area contributed by atoms with E-state index in [-0.39, 0.29) is 17.9 Å². The highest BCUT2D eigenvalue weighted by Gasteiger charge is 2.09. The maximum atomic E-state index is 13.4. The average molecular weight is 286 g/mol. The molecule has 2 rings (SSSR count). The summed E-state index contributed by atoms with van der Waals surface area (Å²) in [5, 5.41) is 8.90. The lowest BCUT2D eigenvalue weighted by atomic mass is 10.2. The van der Waals surface area contributed by atoms with Crippen molar-refractivity contribution in [1.29, 1.82) is 5.26 Å². The second-order valence-corrected chi connectivity index (χ2v) is 4.95. The number of hydrogen-bond acceptors (Lipinski definition) is 4. The van der Waals surface area contributed by atoms with Crippen molar-refractivity contribution in [2.24, 2.45) is 5.73 Å². The van der Waals surface area contributed by atoms with Crippen LogP contribution in [0.2, 0.25) is 0 Å². The lowest BCUT2D eigenvalue weighted by molar-refractivity contribution is 0.307. The summed E-state index contributed by atoms with van der Waals surface area (Å²) in [5.41, 5.74) is 5.23. The van der Waals surface area contributed by atoms with Crippen molar-refractivity contribution in [3.63, 3.8) is 0 Å². The van der Waals surface area contributed by atoms with E-state index in [0.717, 1.165) is 9.75 Å². The fourth-order valence-electron chi connectivity index (χ4n) is 1.54. The van der Waals surface area contributed by atoms with Crippen LogP contribution in [0.15, 0.2) is 30.3 Å². The van der Waals surface area contributed by atoms with Gasteiger partial charge >= 0.3 is 0 Å². The molecule has 0 aliphatic carbocycles. The Hall–Kier alpha value is -2.34. The Kier molecular flexibility index (Phi) is 4.73. The molecule has 0 fully saturated rings. The first-order valence-electron chi connectivity index (χ1n) is 5.83. The van der Waals surface area contributed by atoms with E-state index >= 15 is 0 Å². The predicted molar refractivity (Wildman–Crippen MR) is 75.7 cm³/mol. The second kappa shape index (κ2) is 6.72. The van der Waals surface area contributed by atoms with Gasteiger partial charge in [-0.15, -0.1) is 11.3 Å². The van der Waals surface area contributed by atoms with Gasteiger partial charge in [0.15, 0.2) is 0 Å². The lowest BCUT2D eigenvalue weighted by Crippen LogP contribution is -1.97. The SMILES string of the molecule is N#Cc1c(F)cccc1OCc1ccc(C#CCN)s1. The molecule has 0 bridgehead atoms. The number of nitrogens with two attached hydrogens (primary N) is 1. The Morgan fingerprint density at radius 2 is 2.15 bits per heavy atom. The molecule has 5 heteroatoms. The molecular weight excluding hydrogens is 275 g/mol. The molecule has 2 N–H and O–H groups in total. The molecule has 0 spiro atoms. The van der Waals surface area contributed by atoms with E-state index in [0.29, 0.717) is 6.54 Å². The predicted octanol–water partition coefficient (Wildman–Crippen LogP) is 2.65. The van der Waals surface area contributed by atoms with Crippen LogP contribution >= 0.6 is 11.3 Å². The molecule has 1 aromatic carbocycles.